The summed E-state index contributed by atoms with van der Waals surface area (Å²) >= 11 is 0. The monoisotopic (exact) mass is 400 g/mol. The molecule has 152 valence electrons. The second kappa shape index (κ2) is 10.0. The van der Waals surface area contributed by atoms with Crippen LogP contribution in [0.2, 0.25) is 0 Å². The minimum atomic E-state index is -0.321. The van der Waals surface area contributed by atoms with E-state index in [2.05, 4.69) is 15.8 Å². The van der Waals surface area contributed by atoms with Crippen LogP contribution in [-0.2, 0) is 11.2 Å². The topological polar surface area (TPSA) is 73.8 Å². The molecule has 0 spiro atoms. The van der Waals surface area contributed by atoms with Crippen molar-refractivity contribution < 1.29 is 9.59 Å². The van der Waals surface area contributed by atoms with Gasteiger partial charge in [-0.3, -0.25) is 9.59 Å². The normalized spacial score (nSPS) is 10.6. The van der Waals surface area contributed by atoms with Gasteiger partial charge in [-0.15, -0.1) is 0 Å². The predicted molar refractivity (Wildman–Crippen MR) is 121 cm³/mol. The molecule has 0 fully saturated rings. The number of hydrogen-bond donors (Lipinski definition) is 2. The molecular formula is C24H24N4O2. The van der Waals surface area contributed by atoms with Crippen molar-refractivity contribution in [1.82, 2.24) is 5.43 Å². The molecule has 0 atom stereocenters. The maximum Gasteiger partial charge on any atom is 0.271 e. The van der Waals surface area contributed by atoms with Gasteiger partial charge in [0.15, 0.2) is 0 Å². The van der Waals surface area contributed by atoms with Crippen molar-refractivity contribution in [1.29, 1.82) is 0 Å². The summed E-state index contributed by atoms with van der Waals surface area (Å²) in [5, 5.41) is 6.83. The van der Waals surface area contributed by atoms with Gasteiger partial charge in [0.05, 0.1) is 12.6 Å². The van der Waals surface area contributed by atoms with Gasteiger partial charge in [0.2, 0.25) is 5.91 Å². The van der Waals surface area contributed by atoms with Crippen molar-refractivity contribution in [2.75, 3.05) is 24.3 Å². The summed E-state index contributed by atoms with van der Waals surface area (Å²) in [5.74, 6) is -0.429. The van der Waals surface area contributed by atoms with Gasteiger partial charge in [0.1, 0.15) is 0 Å². The largest absolute Gasteiger partial charge is 0.378 e. The lowest BCUT2D eigenvalue weighted by Crippen LogP contribution is -2.18. The molecule has 0 aliphatic heterocycles. The van der Waals surface area contributed by atoms with E-state index in [9.17, 15) is 9.59 Å². The number of anilines is 2. The summed E-state index contributed by atoms with van der Waals surface area (Å²) in [6, 6.07) is 24.0. The average molecular weight is 400 g/mol. The van der Waals surface area contributed by atoms with Crippen LogP contribution < -0.4 is 15.6 Å². The number of nitrogens with one attached hydrogen (secondary N) is 2. The molecule has 0 aliphatic rings. The fourth-order valence-corrected chi connectivity index (χ4v) is 2.78. The van der Waals surface area contributed by atoms with Gasteiger partial charge >= 0.3 is 0 Å². The Morgan fingerprint density at radius 3 is 2.20 bits per heavy atom. The SMILES string of the molecule is CN(C)c1ccc(/C=N\NC(=O)c2ccc(NC(=O)Cc3ccccc3)cc2)cc1. The van der Waals surface area contributed by atoms with Gasteiger partial charge in [0, 0.05) is 31.0 Å². The van der Waals surface area contributed by atoms with Crippen LogP contribution in [0.5, 0.6) is 0 Å². The Balaban J connectivity index is 1.51. The number of nitrogens with zero attached hydrogens (tertiary/aromatic N) is 2. The minimum absolute atomic E-state index is 0.108. The highest BCUT2D eigenvalue weighted by Gasteiger charge is 2.07. The number of carbonyl (C=O) groups is 2. The number of benzene rings is 3. The molecule has 0 unspecified atom stereocenters. The molecule has 30 heavy (non-hydrogen) atoms. The highest BCUT2D eigenvalue weighted by molar-refractivity contribution is 5.96. The van der Waals surface area contributed by atoms with Crippen molar-refractivity contribution in [2.24, 2.45) is 5.10 Å². The van der Waals surface area contributed by atoms with Gasteiger partial charge < -0.3 is 10.2 Å². The summed E-state index contributed by atoms with van der Waals surface area (Å²) < 4.78 is 0. The third kappa shape index (κ3) is 6.04. The summed E-state index contributed by atoms with van der Waals surface area (Å²) in [6.07, 6.45) is 1.89. The third-order valence-corrected chi connectivity index (χ3v) is 4.43. The van der Waals surface area contributed by atoms with Crippen LogP contribution in [0.15, 0.2) is 84.0 Å². The Labute approximate surface area is 176 Å². The Bertz CT molecular complexity index is 1010. The Morgan fingerprint density at radius 2 is 1.57 bits per heavy atom. The Kier molecular flexibility index (Phi) is 6.95. The van der Waals surface area contributed by atoms with Gasteiger partial charge in [-0.1, -0.05) is 42.5 Å². The van der Waals surface area contributed by atoms with Crippen LogP contribution in [0.4, 0.5) is 11.4 Å². The van der Waals surface area contributed by atoms with E-state index in [1.807, 2.05) is 73.6 Å². The molecule has 0 aromatic heterocycles. The minimum Gasteiger partial charge on any atom is -0.378 e. The van der Waals surface area contributed by atoms with E-state index in [-0.39, 0.29) is 11.8 Å². The fourth-order valence-electron chi connectivity index (χ4n) is 2.78. The molecule has 2 amide bonds. The van der Waals surface area contributed by atoms with Crippen molar-refractivity contribution >= 4 is 29.4 Å². The average Bonchev–Trinajstić information content (AvgIpc) is 2.75. The van der Waals surface area contributed by atoms with Crippen LogP contribution >= 0.6 is 0 Å². The van der Waals surface area contributed by atoms with Crippen LogP contribution in [0.25, 0.3) is 0 Å². The highest BCUT2D eigenvalue weighted by Crippen LogP contribution is 2.12. The zero-order valence-electron chi connectivity index (χ0n) is 17.0. The molecule has 2 N–H and O–H groups in total. The summed E-state index contributed by atoms with van der Waals surface area (Å²) in [7, 11) is 3.95. The zero-order chi connectivity index (χ0) is 21.3. The standard InChI is InChI=1S/C24H24N4O2/c1-28(2)22-14-8-19(9-15-22)17-25-27-24(30)20-10-12-21(13-11-20)26-23(29)16-18-6-4-3-5-7-18/h3-15,17H,16H2,1-2H3,(H,26,29)(H,27,30)/b25-17-. The van der Waals surface area contributed by atoms with Gasteiger partial charge in [-0.25, -0.2) is 5.43 Å². The predicted octanol–water partition coefficient (Wildman–Crippen LogP) is 3.70. The van der Waals surface area contributed by atoms with Crippen molar-refractivity contribution in [3.05, 3.63) is 95.6 Å². The number of carbonyl (C=O) groups excluding carboxylic acids is 2. The molecule has 0 saturated heterocycles. The van der Waals surface area contributed by atoms with Crippen LogP contribution in [0, 0.1) is 0 Å². The summed E-state index contributed by atoms with van der Waals surface area (Å²) in [5.41, 5.74) is 6.52. The summed E-state index contributed by atoms with van der Waals surface area (Å²) in [6.45, 7) is 0. The first-order valence-electron chi connectivity index (χ1n) is 9.56. The Hall–Kier alpha value is -3.93. The van der Waals surface area contributed by atoms with E-state index in [1.54, 1.807) is 30.5 Å². The lowest BCUT2D eigenvalue weighted by atomic mass is 10.1. The number of hydrogen-bond acceptors (Lipinski definition) is 4. The van der Waals surface area contributed by atoms with Crippen LogP contribution in [0.1, 0.15) is 21.5 Å². The van der Waals surface area contributed by atoms with Gasteiger partial charge in [-0.05, 0) is 47.5 Å². The maximum atomic E-state index is 12.2. The van der Waals surface area contributed by atoms with E-state index in [1.165, 1.54) is 0 Å². The van der Waals surface area contributed by atoms with E-state index in [4.69, 9.17) is 0 Å². The lowest BCUT2D eigenvalue weighted by Gasteiger charge is -2.11. The lowest BCUT2D eigenvalue weighted by molar-refractivity contribution is -0.115. The van der Waals surface area contributed by atoms with Crippen molar-refractivity contribution in [3.63, 3.8) is 0 Å². The summed E-state index contributed by atoms with van der Waals surface area (Å²) in [4.78, 5) is 26.4. The molecule has 0 heterocycles. The van der Waals surface area contributed by atoms with Crippen LogP contribution in [-0.4, -0.2) is 32.1 Å². The van der Waals surface area contributed by atoms with E-state index >= 15 is 0 Å². The van der Waals surface area contributed by atoms with Gasteiger partial charge in [0.25, 0.3) is 5.91 Å². The van der Waals surface area contributed by atoms with Gasteiger partial charge in [-0.2, -0.15) is 5.10 Å². The molecule has 0 saturated carbocycles. The first kappa shape index (κ1) is 20.8. The first-order chi connectivity index (χ1) is 14.5. The molecule has 3 aromatic rings. The number of hydrazone groups is 1. The number of rotatable bonds is 7. The molecule has 0 radical (unpaired) electrons. The smallest absolute Gasteiger partial charge is 0.271 e. The molecule has 3 rings (SSSR count). The number of amides is 2. The van der Waals surface area contributed by atoms with Crippen molar-refractivity contribution in [2.45, 2.75) is 6.42 Å². The van der Waals surface area contributed by atoms with Crippen molar-refractivity contribution in [3.8, 4) is 0 Å². The highest BCUT2D eigenvalue weighted by atomic mass is 16.2. The fraction of sp³-hybridized carbons (Fsp3) is 0.125. The molecule has 6 nitrogen and oxygen atoms in total. The second-order valence-corrected chi connectivity index (χ2v) is 6.97. The van der Waals surface area contributed by atoms with E-state index in [0.29, 0.717) is 17.7 Å². The molecule has 3 aromatic carbocycles. The molecule has 0 bridgehead atoms. The zero-order valence-corrected chi connectivity index (χ0v) is 17.0. The van der Waals surface area contributed by atoms with E-state index < -0.39 is 0 Å². The maximum absolute atomic E-state index is 12.2. The quantitative estimate of drug-likeness (QED) is 0.469. The first-order valence-corrected chi connectivity index (χ1v) is 9.56. The van der Waals surface area contributed by atoms with Crippen LogP contribution in [0.3, 0.4) is 0 Å². The molecular weight excluding hydrogens is 376 g/mol. The molecule has 6 heteroatoms. The molecule has 0 aliphatic carbocycles. The Morgan fingerprint density at radius 1 is 0.900 bits per heavy atom. The second-order valence-electron chi connectivity index (χ2n) is 6.97. The van der Waals surface area contributed by atoms with E-state index in [0.717, 1.165) is 16.8 Å². The third-order valence-electron chi connectivity index (χ3n) is 4.43.